The average Bonchev–Trinajstić information content (AvgIpc) is 2.73. The summed E-state index contributed by atoms with van der Waals surface area (Å²) in [4.78, 5) is 0. The van der Waals surface area contributed by atoms with Gasteiger partial charge in [-0.25, -0.2) is 0 Å². The van der Waals surface area contributed by atoms with E-state index in [0.717, 1.165) is 17.1 Å². The first kappa shape index (κ1) is 10.4. The van der Waals surface area contributed by atoms with Crippen molar-refractivity contribution in [1.82, 2.24) is 9.78 Å². The molecule has 0 atom stereocenters. The molecular formula is C11H12N4O. The maximum atomic E-state index is 5.05. The van der Waals surface area contributed by atoms with E-state index in [1.165, 1.54) is 0 Å². The van der Waals surface area contributed by atoms with Gasteiger partial charge >= 0.3 is 0 Å². The molecule has 16 heavy (non-hydrogen) atoms. The minimum absolute atomic E-state index is 0.735. The van der Waals surface area contributed by atoms with Crippen LogP contribution in [-0.2, 0) is 7.05 Å². The summed E-state index contributed by atoms with van der Waals surface area (Å²) in [5, 5.41) is 12.1. The largest absolute Gasteiger partial charge is 0.497 e. The second-order valence-electron chi connectivity index (χ2n) is 3.27. The van der Waals surface area contributed by atoms with Gasteiger partial charge in [-0.1, -0.05) is 0 Å². The number of aromatic nitrogens is 2. The lowest BCUT2D eigenvalue weighted by molar-refractivity contribution is 0.415. The molecule has 0 saturated heterocycles. The molecule has 1 aromatic carbocycles. The van der Waals surface area contributed by atoms with Gasteiger partial charge in [0.25, 0.3) is 0 Å². The monoisotopic (exact) mass is 216 g/mol. The van der Waals surface area contributed by atoms with Crippen molar-refractivity contribution in [2.45, 2.75) is 0 Å². The summed E-state index contributed by atoms with van der Waals surface area (Å²) in [5.41, 5.74) is 1.52. The van der Waals surface area contributed by atoms with Gasteiger partial charge in [0.1, 0.15) is 11.4 Å². The molecule has 0 radical (unpaired) electrons. The number of ether oxygens (including phenoxy) is 1. The third kappa shape index (κ3) is 2.44. The molecule has 0 aliphatic carbocycles. The van der Waals surface area contributed by atoms with Gasteiger partial charge in [-0.05, 0) is 24.3 Å². The Kier molecular flexibility index (Phi) is 2.95. The lowest BCUT2D eigenvalue weighted by atomic mass is 10.3. The van der Waals surface area contributed by atoms with E-state index < -0.39 is 0 Å². The molecule has 1 heterocycles. The van der Waals surface area contributed by atoms with Crippen molar-refractivity contribution in [1.29, 1.82) is 0 Å². The van der Waals surface area contributed by atoms with E-state index in [-0.39, 0.29) is 0 Å². The molecule has 0 amide bonds. The van der Waals surface area contributed by atoms with E-state index in [1.807, 2.05) is 31.3 Å². The molecule has 0 N–H and O–H groups in total. The van der Waals surface area contributed by atoms with Crippen molar-refractivity contribution in [3.8, 4) is 5.75 Å². The first-order valence-corrected chi connectivity index (χ1v) is 4.82. The highest BCUT2D eigenvalue weighted by molar-refractivity contribution is 5.41. The molecule has 2 rings (SSSR count). The smallest absolute Gasteiger partial charge is 0.124 e. The standard InChI is InChI=1S/C11H12N4O/c1-15-8-10(7-12-15)14-13-9-3-5-11(16-2)6-4-9/h3-8H,1-2H3. The maximum Gasteiger partial charge on any atom is 0.124 e. The van der Waals surface area contributed by atoms with Crippen molar-refractivity contribution in [3.63, 3.8) is 0 Å². The van der Waals surface area contributed by atoms with Crippen LogP contribution in [0.2, 0.25) is 0 Å². The van der Waals surface area contributed by atoms with E-state index in [0.29, 0.717) is 0 Å². The van der Waals surface area contributed by atoms with Crippen molar-refractivity contribution in [2.24, 2.45) is 17.3 Å². The normalized spacial score (nSPS) is 10.9. The van der Waals surface area contributed by atoms with Crippen LogP contribution in [0.3, 0.4) is 0 Å². The van der Waals surface area contributed by atoms with Crippen LogP contribution in [0.1, 0.15) is 0 Å². The number of hydrogen-bond acceptors (Lipinski definition) is 4. The number of benzene rings is 1. The Balaban J connectivity index is 2.11. The highest BCUT2D eigenvalue weighted by Gasteiger charge is 1.94. The summed E-state index contributed by atoms with van der Waals surface area (Å²) in [5.74, 6) is 0.806. The molecule has 2 aromatic rings. The third-order valence-corrected chi connectivity index (χ3v) is 2.04. The lowest BCUT2D eigenvalue weighted by Gasteiger charge is -1.97. The SMILES string of the molecule is COc1ccc(N=Nc2cnn(C)c2)cc1. The van der Waals surface area contributed by atoms with Crippen LogP contribution in [0.4, 0.5) is 11.4 Å². The Hall–Kier alpha value is -2.17. The van der Waals surface area contributed by atoms with Crippen LogP contribution >= 0.6 is 0 Å². The fraction of sp³-hybridized carbons (Fsp3) is 0.182. The third-order valence-electron chi connectivity index (χ3n) is 2.04. The molecule has 1 aromatic heterocycles. The summed E-state index contributed by atoms with van der Waals surface area (Å²) in [7, 11) is 3.47. The molecule has 0 aliphatic heterocycles. The molecule has 5 nitrogen and oxygen atoms in total. The van der Waals surface area contributed by atoms with Crippen LogP contribution in [0.25, 0.3) is 0 Å². The van der Waals surface area contributed by atoms with E-state index in [2.05, 4.69) is 15.3 Å². The summed E-state index contributed by atoms with van der Waals surface area (Å²) in [6.07, 6.45) is 3.46. The number of hydrogen-bond donors (Lipinski definition) is 0. The highest BCUT2D eigenvalue weighted by atomic mass is 16.5. The Morgan fingerprint density at radius 3 is 2.38 bits per heavy atom. The second kappa shape index (κ2) is 4.57. The van der Waals surface area contributed by atoms with E-state index in [1.54, 1.807) is 24.2 Å². The molecule has 0 spiro atoms. The van der Waals surface area contributed by atoms with Crippen LogP contribution in [0.5, 0.6) is 5.75 Å². The summed E-state index contributed by atoms with van der Waals surface area (Å²) in [6.45, 7) is 0. The number of aryl methyl sites for hydroxylation is 1. The van der Waals surface area contributed by atoms with Crippen molar-refractivity contribution >= 4 is 11.4 Å². The van der Waals surface area contributed by atoms with Crippen LogP contribution in [-0.4, -0.2) is 16.9 Å². The molecule has 0 aliphatic rings. The highest BCUT2D eigenvalue weighted by Crippen LogP contribution is 2.20. The quantitative estimate of drug-likeness (QED) is 0.741. The van der Waals surface area contributed by atoms with Gasteiger partial charge in [0.05, 0.1) is 25.2 Å². The van der Waals surface area contributed by atoms with Gasteiger partial charge in [-0.3, -0.25) is 4.68 Å². The van der Waals surface area contributed by atoms with Crippen LogP contribution < -0.4 is 4.74 Å². The van der Waals surface area contributed by atoms with E-state index >= 15 is 0 Å². The van der Waals surface area contributed by atoms with E-state index in [9.17, 15) is 0 Å². The number of azo groups is 1. The molecule has 0 saturated carbocycles. The van der Waals surface area contributed by atoms with Gasteiger partial charge in [0.15, 0.2) is 0 Å². The van der Waals surface area contributed by atoms with E-state index in [4.69, 9.17) is 4.74 Å². The zero-order valence-corrected chi connectivity index (χ0v) is 9.16. The van der Waals surface area contributed by atoms with Crippen molar-refractivity contribution in [2.75, 3.05) is 7.11 Å². The lowest BCUT2D eigenvalue weighted by Crippen LogP contribution is -1.83. The molecule has 5 heteroatoms. The molecule has 0 unspecified atom stereocenters. The maximum absolute atomic E-state index is 5.05. The number of nitrogens with zero attached hydrogens (tertiary/aromatic N) is 4. The Labute approximate surface area is 93.4 Å². The number of methoxy groups -OCH3 is 1. The number of rotatable bonds is 3. The fourth-order valence-electron chi connectivity index (χ4n) is 1.22. The second-order valence-corrected chi connectivity index (χ2v) is 3.27. The first-order valence-electron chi connectivity index (χ1n) is 4.82. The fourth-order valence-corrected chi connectivity index (χ4v) is 1.22. The van der Waals surface area contributed by atoms with Gasteiger partial charge in [0, 0.05) is 7.05 Å². The molecule has 0 bridgehead atoms. The van der Waals surface area contributed by atoms with Gasteiger partial charge in [-0.15, -0.1) is 5.11 Å². The summed E-state index contributed by atoms with van der Waals surface area (Å²) < 4.78 is 6.73. The van der Waals surface area contributed by atoms with Gasteiger partial charge in [0.2, 0.25) is 0 Å². The predicted octanol–water partition coefficient (Wildman–Crippen LogP) is 2.84. The van der Waals surface area contributed by atoms with Gasteiger partial charge < -0.3 is 4.74 Å². The van der Waals surface area contributed by atoms with Crippen LogP contribution in [0.15, 0.2) is 46.9 Å². The molecule has 82 valence electrons. The minimum atomic E-state index is 0.735. The van der Waals surface area contributed by atoms with Crippen molar-refractivity contribution < 1.29 is 4.74 Å². The Morgan fingerprint density at radius 1 is 1.12 bits per heavy atom. The molecule has 0 fully saturated rings. The molecular weight excluding hydrogens is 204 g/mol. The van der Waals surface area contributed by atoms with Gasteiger partial charge in [-0.2, -0.15) is 10.2 Å². The first-order chi connectivity index (χ1) is 7.78. The average molecular weight is 216 g/mol. The minimum Gasteiger partial charge on any atom is -0.497 e. The van der Waals surface area contributed by atoms with Crippen molar-refractivity contribution in [3.05, 3.63) is 36.7 Å². The zero-order valence-electron chi connectivity index (χ0n) is 9.16. The summed E-state index contributed by atoms with van der Waals surface area (Å²) >= 11 is 0. The predicted molar refractivity (Wildman–Crippen MR) is 60.4 cm³/mol. The van der Waals surface area contributed by atoms with Crippen LogP contribution in [0, 0.1) is 0 Å². The Bertz CT molecular complexity index is 487. The Morgan fingerprint density at radius 2 is 1.81 bits per heavy atom. The zero-order chi connectivity index (χ0) is 11.4. The topological polar surface area (TPSA) is 51.8 Å². The summed E-state index contributed by atoms with van der Waals surface area (Å²) in [6, 6.07) is 7.38.